The van der Waals surface area contributed by atoms with Gasteiger partial charge in [0.2, 0.25) is 5.69 Å². The van der Waals surface area contributed by atoms with Gasteiger partial charge in [0, 0.05) is 41.0 Å². The number of pyridine rings is 1. The average Bonchev–Trinajstić information content (AvgIpc) is 3.73. The Hall–Kier alpha value is -5.43. The molecule has 4 aromatic heterocycles. The van der Waals surface area contributed by atoms with E-state index in [-0.39, 0.29) is 5.56 Å². The van der Waals surface area contributed by atoms with Crippen LogP contribution in [0.2, 0.25) is 5.02 Å². The van der Waals surface area contributed by atoms with Crippen LogP contribution in [0, 0.1) is 5.21 Å². The number of hydrogen-bond acceptors (Lipinski definition) is 8. The van der Waals surface area contributed by atoms with Gasteiger partial charge in [-0.15, -0.1) is 10.2 Å². The number of carboxylic acid groups (broad SMARTS) is 1. The van der Waals surface area contributed by atoms with Crippen LogP contribution in [-0.4, -0.2) is 56.1 Å². The molecule has 0 bridgehead atoms. The minimum atomic E-state index is -1.03. The number of aromatic nitrogens is 10. The van der Waals surface area contributed by atoms with Crippen molar-refractivity contribution in [2.24, 2.45) is 7.05 Å². The van der Waals surface area contributed by atoms with Gasteiger partial charge >= 0.3 is 5.97 Å². The number of rotatable bonds is 7. The number of aromatic carboxylic acids is 1. The molecule has 0 saturated heterocycles. The molecule has 0 aliphatic carbocycles. The van der Waals surface area contributed by atoms with Gasteiger partial charge in [-0.05, 0) is 52.4 Å². The van der Waals surface area contributed by atoms with E-state index in [1.807, 2.05) is 0 Å². The highest BCUT2D eigenvalue weighted by molar-refractivity contribution is 6.31. The summed E-state index contributed by atoms with van der Waals surface area (Å²) in [6.07, 6.45) is 7.95. The van der Waals surface area contributed by atoms with Crippen LogP contribution in [0.5, 0.6) is 0 Å². The van der Waals surface area contributed by atoms with Gasteiger partial charge in [0.15, 0.2) is 12.2 Å². The highest BCUT2D eigenvalue weighted by Gasteiger charge is 2.29. The molecule has 1 unspecified atom stereocenters. The van der Waals surface area contributed by atoms with Crippen LogP contribution in [0.1, 0.15) is 27.8 Å². The molecule has 40 heavy (non-hydrogen) atoms. The number of carboxylic acids is 1. The van der Waals surface area contributed by atoms with Gasteiger partial charge in [-0.1, -0.05) is 28.9 Å². The summed E-state index contributed by atoms with van der Waals surface area (Å²) in [5.41, 5.74) is 4.23. The summed E-state index contributed by atoms with van der Waals surface area (Å²) in [6.45, 7) is 0. The summed E-state index contributed by atoms with van der Waals surface area (Å²) in [5, 5.41) is 47.6. The zero-order chi connectivity index (χ0) is 27.8. The van der Waals surface area contributed by atoms with Crippen molar-refractivity contribution < 1.29 is 14.6 Å². The summed E-state index contributed by atoms with van der Waals surface area (Å²) in [5.74, 6) is -1.03. The van der Waals surface area contributed by atoms with Gasteiger partial charge in [0.1, 0.15) is 12.0 Å². The van der Waals surface area contributed by atoms with Crippen LogP contribution in [0.25, 0.3) is 27.9 Å². The van der Waals surface area contributed by atoms with E-state index < -0.39 is 12.0 Å². The van der Waals surface area contributed by atoms with E-state index in [1.165, 1.54) is 28.0 Å². The first-order valence-corrected chi connectivity index (χ1v) is 12.3. The van der Waals surface area contributed by atoms with Crippen LogP contribution < -0.4 is 4.73 Å². The molecule has 0 fully saturated rings. The number of tetrazole rings is 1. The number of carbonyl (C=O) groups is 1. The molecule has 0 aliphatic rings. The van der Waals surface area contributed by atoms with E-state index in [2.05, 4.69) is 30.9 Å². The molecule has 0 radical (unpaired) electrons. The Bertz CT molecular complexity index is 1850. The molecule has 2 aromatic carbocycles. The van der Waals surface area contributed by atoms with Crippen LogP contribution >= 0.6 is 11.6 Å². The first kappa shape index (κ1) is 24.9. The minimum absolute atomic E-state index is 0.158. The van der Waals surface area contributed by atoms with Gasteiger partial charge in [-0.25, -0.2) is 4.79 Å². The number of nitrogens with zero attached hydrogens (tertiary/aromatic N) is 10. The third-order valence-corrected chi connectivity index (χ3v) is 6.53. The maximum absolute atomic E-state index is 13.6. The molecule has 0 aliphatic heterocycles. The van der Waals surface area contributed by atoms with E-state index in [9.17, 15) is 15.1 Å². The second kappa shape index (κ2) is 10.0. The Morgan fingerprint density at radius 3 is 2.65 bits per heavy atom. The molecule has 0 saturated carbocycles. The summed E-state index contributed by atoms with van der Waals surface area (Å²) in [6, 6.07) is 14.5. The zero-order valence-electron chi connectivity index (χ0n) is 20.8. The highest BCUT2D eigenvalue weighted by Crippen LogP contribution is 2.31. The SMILES string of the molecule is Cn1cc(C(c2ccc(-c3cc(Cl)ccc3-n3cnnn3)c[n+]2[O-])n2cc(-c3cccc(C(=O)O)c3)cn2)nn1. The van der Waals surface area contributed by atoms with Gasteiger partial charge in [0.05, 0.1) is 23.6 Å². The van der Waals surface area contributed by atoms with E-state index in [1.54, 1.807) is 78.9 Å². The molecule has 1 N–H and O–H groups in total. The Kier molecular flexibility index (Phi) is 6.24. The minimum Gasteiger partial charge on any atom is -0.618 e. The van der Waals surface area contributed by atoms with E-state index >= 15 is 0 Å². The number of hydrogen-bond donors (Lipinski definition) is 1. The fourth-order valence-electron chi connectivity index (χ4n) is 4.45. The maximum atomic E-state index is 13.6. The molecular weight excluding hydrogens is 536 g/mol. The summed E-state index contributed by atoms with van der Waals surface area (Å²) < 4.78 is 5.38. The van der Waals surface area contributed by atoms with Crippen LogP contribution in [-0.2, 0) is 7.05 Å². The lowest BCUT2D eigenvalue weighted by Crippen LogP contribution is -2.36. The summed E-state index contributed by atoms with van der Waals surface area (Å²) in [7, 11) is 1.73. The van der Waals surface area contributed by atoms with Crippen molar-refractivity contribution in [3.8, 4) is 27.9 Å². The van der Waals surface area contributed by atoms with Gasteiger partial charge in [0.25, 0.3) is 0 Å². The largest absolute Gasteiger partial charge is 0.618 e. The molecule has 14 heteroatoms. The molecule has 1 atom stereocenters. The molecule has 0 spiro atoms. The quantitative estimate of drug-likeness (QED) is 0.231. The third kappa shape index (κ3) is 4.65. The molecule has 6 rings (SSSR count). The second-order valence-corrected chi connectivity index (χ2v) is 9.34. The lowest BCUT2D eigenvalue weighted by molar-refractivity contribution is -0.615. The topological polar surface area (TPSA) is 156 Å². The van der Waals surface area contributed by atoms with Gasteiger partial charge < -0.3 is 10.3 Å². The highest BCUT2D eigenvalue weighted by atomic mass is 35.5. The molecule has 4 heterocycles. The lowest BCUT2D eigenvalue weighted by atomic mass is 10.0. The van der Waals surface area contributed by atoms with Crippen molar-refractivity contribution in [1.82, 2.24) is 45.0 Å². The molecule has 13 nitrogen and oxygen atoms in total. The van der Waals surface area contributed by atoms with E-state index in [0.717, 1.165) is 4.73 Å². The first-order valence-electron chi connectivity index (χ1n) is 11.9. The molecular formula is C26H19ClN10O3. The Labute approximate surface area is 231 Å². The molecule has 6 aromatic rings. The van der Waals surface area contributed by atoms with Crippen molar-refractivity contribution in [3.05, 3.63) is 113 Å². The van der Waals surface area contributed by atoms with Crippen molar-refractivity contribution in [2.75, 3.05) is 0 Å². The summed E-state index contributed by atoms with van der Waals surface area (Å²) >= 11 is 6.28. The fourth-order valence-corrected chi connectivity index (χ4v) is 4.62. The van der Waals surface area contributed by atoms with Gasteiger partial charge in [-0.3, -0.25) is 9.36 Å². The predicted octanol–water partition coefficient (Wildman–Crippen LogP) is 2.94. The smallest absolute Gasteiger partial charge is 0.335 e. The van der Waals surface area contributed by atoms with Crippen LogP contribution in [0.3, 0.4) is 0 Å². The number of aryl methyl sites for hydroxylation is 1. The summed E-state index contributed by atoms with van der Waals surface area (Å²) in [4.78, 5) is 11.5. The number of benzene rings is 2. The van der Waals surface area contributed by atoms with Gasteiger partial charge in [-0.2, -0.15) is 14.5 Å². The van der Waals surface area contributed by atoms with Crippen molar-refractivity contribution in [1.29, 1.82) is 0 Å². The molecule has 198 valence electrons. The standard InChI is InChI=1S/C26H19ClN10O3/c1-34-14-22(30-32-34)25(35-12-19(11-29-35)16-3-2-4-17(9-16)26(38)39)24-7-5-18(13-37(24)40)21-10-20(27)6-8-23(21)36-15-28-31-33-36/h2-15,25H,1H3,(H,38,39). The Morgan fingerprint density at radius 1 is 1.05 bits per heavy atom. The normalized spacial score (nSPS) is 11.9. The van der Waals surface area contributed by atoms with Crippen molar-refractivity contribution in [3.63, 3.8) is 0 Å². The zero-order valence-corrected chi connectivity index (χ0v) is 21.5. The van der Waals surface area contributed by atoms with E-state index in [0.29, 0.717) is 44.4 Å². The third-order valence-electron chi connectivity index (χ3n) is 6.30. The number of halogens is 1. The second-order valence-electron chi connectivity index (χ2n) is 8.90. The van der Waals surface area contributed by atoms with Crippen molar-refractivity contribution >= 4 is 17.6 Å². The van der Waals surface area contributed by atoms with Crippen LogP contribution in [0.4, 0.5) is 0 Å². The maximum Gasteiger partial charge on any atom is 0.335 e. The lowest BCUT2D eigenvalue weighted by Gasteiger charge is -2.16. The Balaban J connectivity index is 1.43. The fraction of sp³-hybridized carbons (Fsp3) is 0.0769. The first-order chi connectivity index (χ1) is 19.4. The van der Waals surface area contributed by atoms with E-state index in [4.69, 9.17) is 11.6 Å². The monoisotopic (exact) mass is 554 g/mol. The average molecular weight is 555 g/mol. The van der Waals surface area contributed by atoms with Crippen LogP contribution in [0.15, 0.2) is 85.7 Å². The predicted molar refractivity (Wildman–Crippen MR) is 141 cm³/mol. The molecule has 0 amide bonds. The Morgan fingerprint density at radius 2 is 1.93 bits per heavy atom. The van der Waals surface area contributed by atoms with Crippen molar-refractivity contribution in [2.45, 2.75) is 6.04 Å².